The first kappa shape index (κ1) is 10.8. The Labute approximate surface area is 105 Å². The van der Waals surface area contributed by atoms with Gasteiger partial charge in [-0.3, -0.25) is 0 Å². The lowest BCUT2D eigenvalue weighted by Crippen LogP contribution is -2.28. The molecule has 1 nitrogen and oxygen atoms in total. The van der Waals surface area contributed by atoms with Gasteiger partial charge >= 0.3 is 0 Å². The molecule has 17 heavy (non-hydrogen) atoms. The predicted molar refractivity (Wildman–Crippen MR) is 68.7 cm³/mol. The van der Waals surface area contributed by atoms with E-state index in [-0.39, 0.29) is 0 Å². The van der Waals surface area contributed by atoms with E-state index in [1.165, 1.54) is 19.3 Å². The standard InChI is InChI=1S/C16H26O/c1-9-3-13-7-14(13)6-11(9)5-12-8-16-15(17-16)4-10(12)2/h9-16H,3-8H2,1-2H3. The smallest absolute Gasteiger partial charge is 0.0844 e. The minimum absolute atomic E-state index is 0.665. The maximum absolute atomic E-state index is 5.72. The normalized spacial score (nSPS) is 60.4. The molecule has 0 aromatic carbocycles. The van der Waals surface area contributed by atoms with Crippen LogP contribution in [0, 0.1) is 35.5 Å². The molecule has 0 radical (unpaired) electrons. The summed E-state index contributed by atoms with van der Waals surface area (Å²) in [7, 11) is 0. The van der Waals surface area contributed by atoms with Crippen LogP contribution in [0.5, 0.6) is 0 Å². The lowest BCUT2D eigenvalue weighted by Gasteiger charge is -2.35. The second-order valence-electron chi connectivity index (χ2n) is 7.62. The third-order valence-electron chi connectivity index (χ3n) is 6.39. The van der Waals surface area contributed by atoms with Crippen LogP contribution in [0.1, 0.15) is 52.4 Å². The molecule has 4 fully saturated rings. The van der Waals surface area contributed by atoms with Crippen LogP contribution in [0.2, 0.25) is 0 Å². The Kier molecular flexibility index (Phi) is 2.38. The van der Waals surface area contributed by atoms with Crippen molar-refractivity contribution in [2.75, 3.05) is 0 Å². The molecule has 4 rings (SSSR count). The van der Waals surface area contributed by atoms with E-state index < -0.39 is 0 Å². The van der Waals surface area contributed by atoms with Crippen molar-refractivity contribution in [3.63, 3.8) is 0 Å². The summed E-state index contributed by atoms with van der Waals surface area (Å²) in [6.45, 7) is 4.99. The van der Waals surface area contributed by atoms with E-state index in [9.17, 15) is 0 Å². The monoisotopic (exact) mass is 234 g/mol. The average Bonchev–Trinajstić information content (AvgIpc) is 3.15. The van der Waals surface area contributed by atoms with E-state index in [1.54, 1.807) is 19.3 Å². The molecular weight excluding hydrogens is 208 g/mol. The van der Waals surface area contributed by atoms with Crippen molar-refractivity contribution in [2.45, 2.75) is 64.6 Å². The molecule has 3 saturated carbocycles. The van der Waals surface area contributed by atoms with E-state index in [0.29, 0.717) is 12.2 Å². The van der Waals surface area contributed by atoms with Crippen LogP contribution in [0.3, 0.4) is 0 Å². The van der Waals surface area contributed by atoms with Crippen molar-refractivity contribution >= 4 is 0 Å². The summed E-state index contributed by atoms with van der Waals surface area (Å²) in [6.07, 6.45) is 10.2. The van der Waals surface area contributed by atoms with Crippen LogP contribution >= 0.6 is 0 Å². The molecule has 4 aliphatic rings. The van der Waals surface area contributed by atoms with Gasteiger partial charge in [-0.15, -0.1) is 0 Å². The van der Waals surface area contributed by atoms with Gasteiger partial charge in [0.2, 0.25) is 0 Å². The summed E-state index contributed by atoms with van der Waals surface area (Å²) >= 11 is 0. The van der Waals surface area contributed by atoms with E-state index in [0.717, 1.165) is 35.5 Å². The maximum atomic E-state index is 5.72. The Morgan fingerprint density at radius 2 is 1.41 bits per heavy atom. The van der Waals surface area contributed by atoms with Crippen molar-refractivity contribution in [1.82, 2.24) is 0 Å². The number of fused-ring (bicyclic) bond motifs is 2. The zero-order valence-electron chi connectivity index (χ0n) is 11.3. The summed E-state index contributed by atoms with van der Waals surface area (Å²) in [5, 5.41) is 0. The maximum Gasteiger partial charge on any atom is 0.0844 e. The summed E-state index contributed by atoms with van der Waals surface area (Å²) < 4.78 is 5.72. The number of hydrogen-bond donors (Lipinski definition) is 0. The first-order valence-corrected chi connectivity index (χ1v) is 7.86. The molecule has 0 N–H and O–H groups in total. The molecule has 1 aliphatic heterocycles. The molecule has 1 heterocycles. The fourth-order valence-corrected chi connectivity index (χ4v) is 4.91. The van der Waals surface area contributed by atoms with Crippen molar-refractivity contribution in [3.05, 3.63) is 0 Å². The molecule has 0 amide bonds. The van der Waals surface area contributed by atoms with Gasteiger partial charge in [0, 0.05) is 0 Å². The lowest BCUT2D eigenvalue weighted by atomic mass is 9.70. The average molecular weight is 234 g/mol. The van der Waals surface area contributed by atoms with E-state index >= 15 is 0 Å². The van der Waals surface area contributed by atoms with Crippen LogP contribution in [-0.2, 0) is 4.74 Å². The highest BCUT2D eigenvalue weighted by Gasteiger charge is 2.49. The van der Waals surface area contributed by atoms with Crippen molar-refractivity contribution in [1.29, 1.82) is 0 Å². The first-order chi connectivity index (χ1) is 8.20. The third-order valence-corrected chi connectivity index (χ3v) is 6.39. The topological polar surface area (TPSA) is 12.5 Å². The van der Waals surface area contributed by atoms with E-state index in [4.69, 9.17) is 4.74 Å². The minimum atomic E-state index is 0.665. The fraction of sp³-hybridized carbons (Fsp3) is 1.00. The van der Waals surface area contributed by atoms with Gasteiger partial charge in [0.15, 0.2) is 0 Å². The van der Waals surface area contributed by atoms with Gasteiger partial charge in [0.05, 0.1) is 12.2 Å². The molecule has 0 aromatic rings. The molecule has 1 saturated heterocycles. The number of epoxide rings is 1. The second kappa shape index (κ2) is 3.73. The zero-order chi connectivity index (χ0) is 11.6. The van der Waals surface area contributed by atoms with Gasteiger partial charge in [0.25, 0.3) is 0 Å². The first-order valence-electron chi connectivity index (χ1n) is 7.86. The second-order valence-corrected chi connectivity index (χ2v) is 7.62. The quantitative estimate of drug-likeness (QED) is 0.661. The van der Waals surface area contributed by atoms with E-state index in [1.807, 2.05) is 0 Å². The van der Waals surface area contributed by atoms with Crippen LogP contribution in [0.15, 0.2) is 0 Å². The lowest BCUT2D eigenvalue weighted by molar-refractivity contribution is 0.159. The van der Waals surface area contributed by atoms with Crippen molar-refractivity contribution in [3.8, 4) is 0 Å². The van der Waals surface area contributed by atoms with Crippen molar-refractivity contribution in [2.24, 2.45) is 35.5 Å². The van der Waals surface area contributed by atoms with Gasteiger partial charge in [-0.05, 0) is 74.0 Å². The van der Waals surface area contributed by atoms with Crippen LogP contribution in [0.4, 0.5) is 0 Å². The summed E-state index contributed by atoms with van der Waals surface area (Å²) in [5.74, 6) is 6.22. The van der Waals surface area contributed by atoms with Gasteiger partial charge in [0.1, 0.15) is 0 Å². The molecule has 8 unspecified atom stereocenters. The van der Waals surface area contributed by atoms with Gasteiger partial charge < -0.3 is 4.74 Å². The molecule has 8 atom stereocenters. The molecule has 0 aromatic heterocycles. The van der Waals surface area contributed by atoms with Crippen LogP contribution < -0.4 is 0 Å². The molecule has 1 heteroatoms. The Morgan fingerprint density at radius 3 is 2.29 bits per heavy atom. The number of hydrogen-bond acceptors (Lipinski definition) is 1. The Balaban J connectivity index is 1.38. The summed E-state index contributed by atoms with van der Waals surface area (Å²) in [6, 6.07) is 0. The van der Waals surface area contributed by atoms with Crippen LogP contribution in [0.25, 0.3) is 0 Å². The molecule has 3 aliphatic carbocycles. The van der Waals surface area contributed by atoms with Crippen molar-refractivity contribution < 1.29 is 4.74 Å². The highest BCUT2D eigenvalue weighted by Crippen LogP contribution is 2.56. The minimum Gasteiger partial charge on any atom is -0.370 e. The number of rotatable bonds is 2. The van der Waals surface area contributed by atoms with Gasteiger partial charge in [-0.2, -0.15) is 0 Å². The fourth-order valence-electron chi connectivity index (χ4n) is 4.91. The Bertz CT molecular complexity index is 283. The Morgan fingerprint density at radius 1 is 0.765 bits per heavy atom. The highest BCUT2D eigenvalue weighted by atomic mass is 16.6. The van der Waals surface area contributed by atoms with Crippen LogP contribution in [-0.4, -0.2) is 12.2 Å². The molecule has 0 bridgehead atoms. The zero-order valence-corrected chi connectivity index (χ0v) is 11.3. The summed E-state index contributed by atoms with van der Waals surface area (Å²) in [5.41, 5.74) is 0. The predicted octanol–water partition coefficient (Wildman–Crippen LogP) is 3.87. The highest BCUT2D eigenvalue weighted by molar-refractivity contribution is 4.98. The van der Waals surface area contributed by atoms with Gasteiger partial charge in [-0.25, -0.2) is 0 Å². The Hall–Kier alpha value is -0.0400. The molecule has 0 spiro atoms. The molecule has 96 valence electrons. The SMILES string of the molecule is CC1CC2CC2CC1CC1CC2OC2CC1C. The number of ether oxygens (including phenoxy) is 1. The third kappa shape index (κ3) is 1.95. The van der Waals surface area contributed by atoms with E-state index in [2.05, 4.69) is 13.8 Å². The largest absolute Gasteiger partial charge is 0.370 e. The van der Waals surface area contributed by atoms with Gasteiger partial charge in [-0.1, -0.05) is 13.8 Å². The summed E-state index contributed by atoms with van der Waals surface area (Å²) in [4.78, 5) is 0. The molecular formula is C16H26O.